The molecule has 0 radical (unpaired) electrons. The summed E-state index contributed by atoms with van der Waals surface area (Å²) in [6.07, 6.45) is 6.76. The molecule has 0 amide bonds. The van der Waals surface area contributed by atoms with Gasteiger partial charge in [-0.1, -0.05) is 20.3 Å². The molecule has 2 rings (SSSR count). The molecular weight excluding hydrogens is 184 g/mol. The quantitative estimate of drug-likeness (QED) is 0.729. The standard InChI is InChI=1S/C13H26N2/c1-10(2)13(6-7-13)9-15-8-11-4-3-5-12(11)14/h10-12,15H,3-9,14H2,1-2H3. The Bertz CT molecular complexity index is 209. The highest BCUT2D eigenvalue weighted by Crippen LogP contribution is 2.51. The van der Waals surface area contributed by atoms with Crippen molar-refractivity contribution in [3.8, 4) is 0 Å². The summed E-state index contributed by atoms with van der Waals surface area (Å²) in [6, 6.07) is 0.465. The first-order chi connectivity index (χ1) is 7.14. The zero-order valence-electron chi connectivity index (χ0n) is 10.3. The van der Waals surface area contributed by atoms with Gasteiger partial charge >= 0.3 is 0 Å². The van der Waals surface area contributed by atoms with Gasteiger partial charge in [-0.25, -0.2) is 0 Å². The number of rotatable bonds is 5. The summed E-state index contributed by atoms with van der Waals surface area (Å²) in [4.78, 5) is 0. The van der Waals surface area contributed by atoms with Gasteiger partial charge in [-0.15, -0.1) is 0 Å². The average Bonchev–Trinajstić information content (AvgIpc) is 2.87. The minimum atomic E-state index is 0.465. The predicted molar refractivity (Wildman–Crippen MR) is 64.7 cm³/mol. The van der Waals surface area contributed by atoms with Crippen molar-refractivity contribution in [3.05, 3.63) is 0 Å². The fourth-order valence-electron chi connectivity index (χ4n) is 2.94. The van der Waals surface area contributed by atoms with E-state index in [4.69, 9.17) is 5.73 Å². The van der Waals surface area contributed by atoms with E-state index in [-0.39, 0.29) is 0 Å². The van der Waals surface area contributed by atoms with Gasteiger partial charge < -0.3 is 11.1 Å². The highest BCUT2D eigenvalue weighted by Gasteiger charge is 2.44. The molecule has 0 heterocycles. The summed E-state index contributed by atoms with van der Waals surface area (Å²) in [6.45, 7) is 7.08. The van der Waals surface area contributed by atoms with Crippen LogP contribution in [0.5, 0.6) is 0 Å². The molecule has 2 unspecified atom stereocenters. The minimum Gasteiger partial charge on any atom is -0.327 e. The predicted octanol–water partition coefficient (Wildman–Crippen LogP) is 2.14. The first-order valence-electron chi connectivity index (χ1n) is 6.60. The summed E-state index contributed by atoms with van der Waals surface area (Å²) in [5, 5.41) is 3.66. The van der Waals surface area contributed by atoms with Gasteiger partial charge in [-0.05, 0) is 49.5 Å². The van der Waals surface area contributed by atoms with Gasteiger partial charge in [-0.2, -0.15) is 0 Å². The average molecular weight is 210 g/mol. The van der Waals surface area contributed by atoms with Crippen LogP contribution >= 0.6 is 0 Å². The number of hydrogen-bond donors (Lipinski definition) is 2. The Morgan fingerprint density at radius 3 is 2.53 bits per heavy atom. The van der Waals surface area contributed by atoms with Crippen molar-refractivity contribution in [2.45, 2.75) is 52.0 Å². The van der Waals surface area contributed by atoms with Crippen LogP contribution in [0.2, 0.25) is 0 Å². The Morgan fingerprint density at radius 1 is 1.33 bits per heavy atom. The summed E-state index contributed by atoms with van der Waals surface area (Å²) in [7, 11) is 0. The van der Waals surface area contributed by atoms with Gasteiger partial charge in [0.15, 0.2) is 0 Å². The van der Waals surface area contributed by atoms with Crippen LogP contribution in [0.3, 0.4) is 0 Å². The highest BCUT2D eigenvalue weighted by molar-refractivity contribution is 4.97. The van der Waals surface area contributed by atoms with Crippen LogP contribution in [0, 0.1) is 17.3 Å². The third kappa shape index (κ3) is 2.54. The van der Waals surface area contributed by atoms with Gasteiger partial charge in [0.05, 0.1) is 0 Å². The SMILES string of the molecule is CC(C)C1(CNCC2CCCC2N)CC1. The van der Waals surface area contributed by atoms with E-state index in [9.17, 15) is 0 Å². The molecule has 0 spiro atoms. The molecule has 0 aromatic rings. The Hall–Kier alpha value is -0.0800. The molecule has 0 aromatic heterocycles. The van der Waals surface area contributed by atoms with Crippen LogP contribution < -0.4 is 11.1 Å². The number of hydrogen-bond acceptors (Lipinski definition) is 2. The molecule has 0 saturated heterocycles. The Labute approximate surface area is 94.0 Å². The van der Waals surface area contributed by atoms with E-state index in [2.05, 4.69) is 19.2 Å². The number of nitrogens with two attached hydrogens (primary N) is 1. The monoisotopic (exact) mass is 210 g/mol. The van der Waals surface area contributed by atoms with Crippen molar-refractivity contribution in [1.82, 2.24) is 5.32 Å². The van der Waals surface area contributed by atoms with Crippen molar-refractivity contribution >= 4 is 0 Å². The first kappa shape index (κ1) is 11.4. The number of nitrogens with one attached hydrogen (secondary N) is 1. The van der Waals surface area contributed by atoms with Crippen molar-refractivity contribution in [3.63, 3.8) is 0 Å². The van der Waals surface area contributed by atoms with Crippen LogP contribution in [0.15, 0.2) is 0 Å². The van der Waals surface area contributed by atoms with E-state index in [0.29, 0.717) is 11.5 Å². The molecule has 15 heavy (non-hydrogen) atoms. The third-order valence-corrected chi connectivity index (χ3v) is 4.72. The minimum absolute atomic E-state index is 0.465. The van der Waals surface area contributed by atoms with E-state index < -0.39 is 0 Å². The van der Waals surface area contributed by atoms with Crippen molar-refractivity contribution in [2.24, 2.45) is 23.0 Å². The molecule has 88 valence electrons. The Balaban J connectivity index is 1.66. The summed E-state index contributed by atoms with van der Waals surface area (Å²) in [5.74, 6) is 1.58. The van der Waals surface area contributed by atoms with Crippen LogP contribution in [0.25, 0.3) is 0 Å². The van der Waals surface area contributed by atoms with Crippen LogP contribution in [-0.4, -0.2) is 19.1 Å². The molecule has 2 fully saturated rings. The fraction of sp³-hybridized carbons (Fsp3) is 1.00. The lowest BCUT2D eigenvalue weighted by molar-refractivity contribution is 0.321. The van der Waals surface area contributed by atoms with Gasteiger partial charge in [0.1, 0.15) is 0 Å². The van der Waals surface area contributed by atoms with Gasteiger partial charge in [0, 0.05) is 12.6 Å². The lowest BCUT2D eigenvalue weighted by Crippen LogP contribution is -2.36. The molecule has 2 aliphatic rings. The van der Waals surface area contributed by atoms with Crippen LogP contribution in [0.4, 0.5) is 0 Å². The second-order valence-electron chi connectivity index (χ2n) is 6.00. The van der Waals surface area contributed by atoms with E-state index in [1.165, 1.54) is 38.6 Å². The zero-order chi connectivity index (χ0) is 10.9. The zero-order valence-corrected chi connectivity index (χ0v) is 10.3. The second kappa shape index (κ2) is 4.42. The molecule has 0 aromatic carbocycles. The highest BCUT2D eigenvalue weighted by atomic mass is 14.9. The second-order valence-corrected chi connectivity index (χ2v) is 6.00. The maximum Gasteiger partial charge on any atom is 0.00792 e. The van der Waals surface area contributed by atoms with Gasteiger partial charge in [0.25, 0.3) is 0 Å². The summed E-state index contributed by atoms with van der Waals surface area (Å²) >= 11 is 0. The van der Waals surface area contributed by atoms with E-state index in [1.807, 2.05) is 0 Å². The lowest BCUT2D eigenvalue weighted by Gasteiger charge is -2.22. The molecule has 0 bridgehead atoms. The Morgan fingerprint density at radius 2 is 2.07 bits per heavy atom. The summed E-state index contributed by atoms with van der Waals surface area (Å²) < 4.78 is 0. The van der Waals surface area contributed by atoms with Gasteiger partial charge in [-0.3, -0.25) is 0 Å². The molecule has 2 saturated carbocycles. The smallest absolute Gasteiger partial charge is 0.00792 e. The maximum atomic E-state index is 6.06. The van der Waals surface area contributed by atoms with Crippen LogP contribution in [0.1, 0.15) is 46.0 Å². The largest absolute Gasteiger partial charge is 0.327 e. The normalized spacial score (nSPS) is 33.6. The van der Waals surface area contributed by atoms with E-state index >= 15 is 0 Å². The van der Waals surface area contributed by atoms with Crippen molar-refractivity contribution in [2.75, 3.05) is 13.1 Å². The summed E-state index contributed by atoms with van der Waals surface area (Å²) in [5.41, 5.74) is 6.71. The molecule has 2 atom stereocenters. The topological polar surface area (TPSA) is 38.0 Å². The van der Waals surface area contributed by atoms with Crippen LogP contribution in [-0.2, 0) is 0 Å². The van der Waals surface area contributed by atoms with E-state index in [0.717, 1.165) is 18.4 Å². The molecule has 3 N–H and O–H groups in total. The van der Waals surface area contributed by atoms with Crippen molar-refractivity contribution in [1.29, 1.82) is 0 Å². The Kier molecular flexibility index (Phi) is 3.36. The first-order valence-corrected chi connectivity index (χ1v) is 6.60. The van der Waals surface area contributed by atoms with Gasteiger partial charge in [0.2, 0.25) is 0 Å². The molecule has 2 aliphatic carbocycles. The van der Waals surface area contributed by atoms with Crippen molar-refractivity contribution < 1.29 is 0 Å². The lowest BCUT2D eigenvalue weighted by atomic mass is 9.92. The molecular formula is C13H26N2. The fourth-order valence-corrected chi connectivity index (χ4v) is 2.94. The van der Waals surface area contributed by atoms with E-state index in [1.54, 1.807) is 0 Å². The third-order valence-electron chi connectivity index (χ3n) is 4.72. The molecule has 2 nitrogen and oxygen atoms in total. The maximum absolute atomic E-state index is 6.06. The molecule has 2 heteroatoms. The molecule has 0 aliphatic heterocycles.